The van der Waals surface area contributed by atoms with Crippen LogP contribution < -0.4 is 5.56 Å². The zero-order valence-electron chi connectivity index (χ0n) is 10.8. The second-order valence-corrected chi connectivity index (χ2v) is 4.67. The largest absolute Gasteiger partial charge is 0.493 e. The Labute approximate surface area is 110 Å². The van der Waals surface area contributed by atoms with Crippen LogP contribution in [0.1, 0.15) is 36.7 Å². The average Bonchev–Trinajstić information content (AvgIpc) is 2.30. The Bertz CT molecular complexity index is 650. The van der Waals surface area contributed by atoms with Gasteiger partial charge in [0.05, 0.1) is 5.56 Å². The van der Waals surface area contributed by atoms with Gasteiger partial charge >= 0.3 is 0 Å². The number of benzene rings is 1. The molecule has 4 nitrogen and oxygen atoms in total. The predicted molar refractivity (Wildman–Crippen MR) is 69.8 cm³/mol. The SMILES string of the molecule is CC(C)c1c(O)nc(Cc2ccccc2F)[nH]c1=O. The number of aromatic amines is 1. The van der Waals surface area contributed by atoms with Gasteiger partial charge in [-0.3, -0.25) is 4.79 Å². The third-order valence-electron chi connectivity index (χ3n) is 2.88. The van der Waals surface area contributed by atoms with E-state index in [9.17, 15) is 14.3 Å². The van der Waals surface area contributed by atoms with Crippen molar-refractivity contribution in [3.8, 4) is 5.88 Å². The summed E-state index contributed by atoms with van der Waals surface area (Å²) in [5.41, 5.74) is 0.286. The Balaban J connectivity index is 2.38. The Morgan fingerprint density at radius 3 is 2.63 bits per heavy atom. The van der Waals surface area contributed by atoms with Crippen molar-refractivity contribution in [2.45, 2.75) is 26.2 Å². The van der Waals surface area contributed by atoms with Gasteiger partial charge in [-0.2, -0.15) is 4.98 Å². The summed E-state index contributed by atoms with van der Waals surface area (Å²) in [5.74, 6) is -0.529. The van der Waals surface area contributed by atoms with Crippen LogP contribution in [-0.4, -0.2) is 15.1 Å². The molecule has 0 saturated carbocycles. The molecule has 0 saturated heterocycles. The molecule has 2 rings (SSSR count). The van der Waals surface area contributed by atoms with Crippen LogP contribution in [0.4, 0.5) is 4.39 Å². The van der Waals surface area contributed by atoms with Crippen molar-refractivity contribution in [1.82, 2.24) is 9.97 Å². The number of hydrogen-bond acceptors (Lipinski definition) is 3. The summed E-state index contributed by atoms with van der Waals surface area (Å²) in [6.07, 6.45) is 0.133. The lowest BCUT2D eigenvalue weighted by molar-refractivity contribution is 0.436. The maximum Gasteiger partial charge on any atom is 0.258 e. The highest BCUT2D eigenvalue weighted by Crippen LogP contribution is 2.19. The maximum atomic E-state index is 13.5. The van der Waals surface area contributed by atoms with Crippen LogP contribution in [-0.2, 0) is 6.42 Å². The summed E-state index contributed by atoms with van der Waals surface area (Å²) in [4.78, 5) is 18.3. The molecule has 19 heavy (non-hydrogen) atoms. The molecule has 1 heterocycles. The molecule has 0 spiro atoms. The number of aromatic hydroxyl groups is 1. The second kappa shape index (κ2) is 5.22. The summed E-state index contributed by atoms with van der Waals surface area (Å²) >= 11 is 0. The van der Waals surface area contributed by atoms with Crippen LogP contribution in [0.25, 0.3) is 0 Å². The van der Waals surface area contributed by atoms with Crippen molar-refractivity contribution in [1.29, 1.82) is 0 Å². The fraction of sp³-hybridized carbons (Fsp3) is 0.286. The molecule has 2 N–H and O–H groups in total. The Hall–Kier alpha value is -2.17. The minimum atomic E-state index is -0.381. The molecule has 2 aromatic rings. The van der Waals surface area contributed by atoms with Crippen LogP contribution in [0.3, 0.4) is 0 Å². The first-order valence-corrected chi connectivity index (χ1v) is 6.04. The highest BCUT2D eigenvalue weighted by molar-refractivity contribution is 5.28. The van der Waals surface area contributed by atoms with Gasteiger partial charge in [0.25, 0.3) is 5.56 Å². The Morgan fingerprint density at radius 1 is 1.37 bits per heavy atom. The van der Waals surface area contributed by atoms with Gasteiger partial charge in [-0.05, 0) is 17.5 Å². The zero-order chi connectivity index (χ0) is 14.0. The summed E-state index contributed by atoms with van der Waals surface area (Å²) < 4.78 is 13.5. The highest BCUT2D eigenvalue weighted by Gasteiger charge is 2.14. The topological polar surface area (TPSA) is 66.0 Å². The first kappa shape index (κ1) is 13.3. The van der Waals surface area contributed by atoms with E-state index in [4.69, 9.17) is 0 Å². The van der Waals surface area contributed by atoms with Gasteiger partial charge in [0, 0.05) is 6.42 Å². The molecule has 0 bridgehead atoms. The molecule has 0 fully saturated rings. The van der Waals surface area contributed by atoms with E-state index in [1.165, 1.54) is 6.07 Å². The van der Waals surface area contributed by atoms with E-state index in [-0.39, 0.29) is 41.0 Å². The molecule has 100 valence electrons. The van der Waals surface area contributed by atoms with Crippen molar-refractivity contribution >= 4 is 0 Å². The van der Waals surface area contributed by atoms with Gasteiger partial charge in [-0.1, -0.05) is 32.0 Å². The van der Waals surface area contributed by atoms with Crippen LogP contribution in [0.2, 0.25) is 0 Å². The standard InChI is InChI=1S/C14H15FN2O2/c1-8(2)12-13(18)16-11(17-14(12)19)7-9-5-3-4-6-10(9)15/h3-6,8H,7H2,1-2H3,(H2,16,17,18,19). The summed E-state index contributed by atoms with van der Waals surface area (Å²) in [5, 5.41) is 9.77. The smallest absolute Gasteiger partial charge is 0.258 e. The zero-order valence-corrected chi connectivity index (χ0v) is 10.8. The lowest BCUT2D eigenvalue weighted by atomic mass is 10.1. The fourth-order valence-corrected chi connectivity index (χ4v) is 1.94. The molecule has 0 aliphatic rings. The molecule has 0 aliphatic carbocycles. The third kappa shape index (κ3) is 2.81. The van der Waals surface area contributed by atoms with E-state index >= 15 is 0 Å². The molecule has 1 aromatic carbocycles. The monoisotopic (exact) mass is 262 g/mol. The summed E-state index contributed by atoms with van der Waals surface area (Å²) in [7, 11) is 0. The molecule has 0 aliphatic heterocycles. The predicted octanol–water partition coefficient (Wildman–Crippen LogP) is 2.33. The van der Waals surface area contributed by atoms with Crippen molar-refractivity contribution in [2.24, 2.45) is 0 Å². The third-order valence-corrected chi connectivity index (χ3v) is 2.88. The van der Waals surface area contributed by atoms with Crippen LogP contribution >= 0.6 is 0 Å². The summed E-state index contributed by atoms with van der Waals surface area (Å²) in [6.45, 7) is 3.59. The lowest BCUT2D eigenvalue weighted by Crippen LogP contribution is -2.18. The number of nitrogens with zero attached hydrogens (tertiary/aromatic N) is 1. The van der Waals surface area contributed by atoms with Gasteiger partial charge in [-0.15, -0.1) is 0 Å². The fourth-order valence-electron chi connectivity index (χ4n) is 1.94. The molecule has 5 heteroatoms. The van der Waals surface area contributed by atoms with Crippen molar-refractivity contribution in [3.05, 3.63) is 57.4 Å². The number of halogens is 1. The van der Waals surface area contributed by atoms with Gasteiger partial charge in [0.15, 0.2) is 0 Å². The van der Waals surface area contributed by atoms with E-state index in [1.807, 2.05) is 0 Å². The minimum absolute atomic E-state index is 0.126. The number of H-pyrrole nitrogens is 1. The van der Waals surface area contributed by atoms with E-state index < -0.39 is 0 Å². The summed E-state index contributed by atoms with van der Waals surface area (Å²) in [6, 6.07) is 6.26. The van der Waals surface area contributed by atoms with Crippen LogP contribution in [0.5, 0.6) is 5.88 Å². The number of aromatic nitrogens is 2. The van der Waals surface area contributed by atoms with Crippen molar-refractivity contribution in [3.63, 3.8) is 0 Å². The van der Waals surface area contributed by atoms with Gasteiger partial charge in [0.1, 0.15) is 11.6 Å². The quantitative estimate of drug-likeness (QED) is 0.892. The van der Waals surface area contributed by atoms with E-state index in [0.717, 1.165) is 0 Å². The highest BCUT2D eigenvalue weighted by atomic mass is 19.1. The van der Waals surface area contributed by atoms with Crippen LogP contribution in [0, 0.1) is 5.82 Å². The maximum absolute atomic E-state index is 13.5. The number of hydrogen-bond donors (Lipinski definition) is 2. The normalized spacial score (nSPS) is 10.9. The first-order valence-electron chi connectivity index (χ1n) is 6.04. The Kier molecular flexibility index (Phi) is 3.64. The molecular formula is C14H15FN2O2. The average molecular weight is 262 g/mol. The molecule has 1 aromatic heterocycles. The minimum Gasteiger partial charge on any atom is -0.493 e. The number of nitrogens with one attached hydrogen (secondary N) is 1. The van der Waals surface area contributed by atoms with E-state index in [2.05, 4.69) is 9.97 Å². The van der Waals surface area contributed by atoms with Crippen LogP contribution in [0.15, 0.2) is 29.1 Å². The van der Waals surface area contributed by atoms with E-state index in [1.54, 1.807) is 32.0 Å². The molecule has 0 radical (unpaired) electrons. The molecular weight excluding hydrogens is 247 g/mol. The van der Waals surface area contributed by atoms with Gasteiger partial charge in [-0.25, -0.2) is 4.39 Å². The molecule has 0 amide bonds. The van der Waals surface area contributed by atoms with E-state index in [0.29, 0.717) is 5.56 Å². The van der Waals surface area contributed by atoms with Crippen molar-refractivity contribution < 1.29 is 9.50 Å². The first-order chi connectivity index (χ1) is 8.99. The number of rotatable bonds is 3. The lowest BCUT2D eigenvalue weighted by Gasteiger charge is -2.08. The molecule has 0 unspecified atom stereocenters. The van der Waals surface area contributed by atoms with Crippen molar-refractivity contribution in [2.75, 3.05) is 0 Å². The molecule has 0 atom stereocenters. The second-order valence-electron chi connectivity index (χ2n) is 4.67. The van der Waals surface area contributed by atoms with Gasteiger partial charge in [0.2, 0.25) is 5.88 Å². The Morgan fingerprint density at radius 2 is 2.05 bits per heavy atom. The van der Waals surface area contributed by atoms with Gasteiger partial charge < -0.3 is 10.1 Å².